The van der Waals surface area contributed by atoms with E-state index in [1.54, 1.807) is 0 Å². The molecular weight excluding hydrogens is 268 g/mol. The molecule has 0 bridgehead atoms. The third kappa shape index (κ3) is 3.76. The summed E-state index contributed by atoms with van der Waals surface area (Å²) in [5, 5.41) is 3.79. The van der Waals surface area contributed by atoms with Gasteiger partial charge in [-0.25, -0.2) is 0 Å². The molecule has 1 N–H and O–H groups in total. The maximum absolute atomic E-state index is 3.79. The molecule has 0 aliphatic carbocycles. The Morgan fingerprint density at radius 1 is 0.909 bits per heavy atom. The van der Waals surface area contributed by atoms with E-state index in [0.29, 0.717) is 12.1 Å². The van der Waals surface area contributed by atoms with Crippen molar-refractivity contribution < 1.29 is 0 Å². The van der Waals surface area contributed by atoms with Crippen LogP contribution in [0.25, 0.3) is 11.1 Å². The van der Waals surface area contributed by atoms with Crippen molar-refractivity contribution in [1.29, 1.82) is 0 Å². The number of hydrogen-bond donors (Lipinski definition) is 1. The molecule has 1 atom stereocenters. The van der Waals surface area contributed by atoms with E-state index in [4.69, 9.17) is 0 Å². The van der Waals surface area contributed by atoms with Crippen molar-refractivity contribution in [3.8, 4) is 11.1 Å². The van der Waals surface area contributed by atoms with E-state index in [9.17, 15) is 0 Å². The number of rotatable bonds is 4. The molecule has 0 amide bonds. The Hall–Kier alpha value is -1.64. The van der Waals surface area contributed by atoms with E-state index in [1.165, 1.54) is 42.6 Å². The highest BCUT2D eigenvalue weighted by Crippen LogP contribution is 2.22. The molecule has 22 heavy (non-hydrogen) atoms. The molecule has 0 saturated carbocycles. The highest BCUT2D eigenvalue weighted by Gasteiger charge is 2.18. The van der Waals surface area contributed by atoms with Crippen molar-refractivity contribution in [2.75, 3.05) is 20.1 Å². The second-order valence-corrected chi connectivity index (χ2v) is 6.45. The van der Waals surface area contributed by atoms with Gasteiger partial charge in [0.25, 0.3) is 0 Å². The molecule has 116 valence electrons. The van der Waals surface area contributed by atoms with Crippen LogP contribution in [0.5, 0.6) is 0 Å². The first-order chi connectivity index (χ1) is 10.7. The lowest BCUT2D eigenvalue weighted by molar-refractivity contribution is 0.226. The van der Waals surface area contributed by atoms with Crippen molar-refractivity contribution >= 4 is 0 Å². The van der Waals surface area contributed by atoms with Crippen molar-refractivity contribution in [3.63, 3.8) is 0 Å². The second kappa shape index (κ2) is 7.08. The third-order valence-electron chi connectivity index (χ3n) is 4.72. The quantitative estimate of drug-likeness (QED) is 0.913. The average molecular weight is 294 g/mol. The normalized spacial score (nSPS) is 18.3. The lowest BCUT2D eigenvalue weighted by atomic mass is 9.99. The van der Waals surface area contributed by atoms with Gasteiger partial charge in [-0.15, -0.1) is 0 Å². The molecule has 0 spiro atoms. The van der Waals surface area contributed by atoms with Crippen molar-refractivity contribution in [2.45, 2.75) is 31.8 Å². The van der Waals surface area contributed by atoms with Gasteiger partial charge in [0.15, 0.2) is 0 Å². The fourth-order valence-electron chi connectivity index (χ4n) is 3.22. The summed E-state index contributed by atoms with van der Waals surface area (Å²) in [6.07, 6.45) is 2.51. The van der Waals surface area contributed by atoms with Crippen LogP contribution in [0.2, 0.25) is 0 Å². The summed E-state index contributed by atoms with van der Waals surface area (Å²) in [7, 11) is 2.21. The van der Waals surface area contributed by atoms with Gasteiger partial charge in [0, 0.05) is 12.1 Å². The first-order valence-corrected chi connectivity index (χ1v) is 8.32. The number of nitrogens with zero attached hydrogens (tertiary/aromatic N) is 1. The van der Waals surface area contributed by atoms with Crippen molar-refractivity contribution in [3.05, 3.63) is 60.2 Å². The Kier molecular flexibility index (Phi) is 4.91. The molecule has 1 aliphatic heterocycles. The minimum Gasteiger partial charge on any atom is -0.307 e. The van der Waals surface area contributed by atoms with E-state index < -0.39 is 0 Å². The maximum Gasteiger partial charge on any atom is 0.0294 e. The number of piperidine rings is 1. The van der Waals surface area contributed by atoms with Crippen LogP contribution in [0.1, 0.15) is 31.4 Å². The topological polar surface area (TPSA) is 15.3 Å². The molecule has 0 aromatic heterocycles. The standard InChI is InChI=1S/C20H26N2/c1-16(21-20-12-14-22(2)15-13-20)17-8-10-19(11-9-17)18-6-4-3-5-7-18/h3-11,16,20-21H,12-15H2,1-2H3/t16-/m0/s1. The van der Waals surface area contributed by atoms with E-state index in [-0.39, 0.29) is 0 Å². The van der Waals surface area contributed by atoms with Gasteiger partial charge >= 0.3 is 0 Å². The van der Waals surface area contributed by atoms with Crippen molar-refractivity contribution in [1.82, 2.24) is 10.2 Å². The van der Waals surface area contributed by atoms with Gasteiger partial charge in [0.1, 0.15) is 0 Å². The molecule has 2 heteroatoms. The van der Waals surface area contributed by atoms with E-state index in [2.05, 4.69) is 78.8 Å². The average Bonchev–Trinajstić information content (AvgIpc) is 2.58. The Morgan fingerprint density at radius 2 is 1.50 bits per heavy atom. The smallest absolute Gasteiger partial charge is 0.0294 e. The molecular formula is C20H26N2. The molecule has 0 unspecified atom stereocenters. The number of nitrogens with one attached hydrogen (secondary N) is 1. The van der Waals surface area contributed by atoms with Crippen molar-refractivity contribution in [2.24, 2.45) is 0 Å². The van der Waals surface area contributed by atoms with Crippen LogP contribution >= 0.6 is 0 Å². The Labute approximate surface area is 134 Å². The molecule has 1 fully saturated rings. The minimum absolute atomic E-state index is 0.415. The number of hydrogen-bond acceptors (Lipinski definition) is 2. The van der Waals surface area contributed by atoms with Gasteiger partial charge in [-0.05, 0) is 56.6 Å². The second-order valence-electron chi connectivity index (χ2n) is 6.45. The van der Waals surface area contributed by atoms with E-state index in [0.717, 1.165) is 0 Å². The first kappa shape index (κ1) is 15.3. The molecule has 2 aromatic rings. The van der Waals surface area contributed by atoms with Crippen LogP contribution < -0.4 is 5.32 Å². The summed E-state index contributed by atoms with van der Waals surface area (Å²) in [5.41, 5.74) is 3.94. The van der Waals surface area contributed by atoms with Gasteiger partial charge in [-0.2, -0.15) is 0 Å². The number of likely N-dealkylation sites (tertiary alicyclic amines) is 1. The molecule has 0 radical (unpaired) electrons. The van der Waals surface area contributed by atoms with E-state index >= 15 is 0 Å². The van der Waals surface area contributed by atoms with Crippen LogP contribution in [0.4, 0.5) is 0 Å². The lowest BCUT2D eigenvalue weighted by Crippen LogP contribution is -2.41. The fraction of sp³-hybridized carbons (Fsp3) is 0.400. The summed E-state index contributed by atoms with van der Waals surface area (Å²) in [6, 6.07) is 20.6. The van der Waals surface area contributed by atoms with Gasteiger partial charge in [0.05, 0.1) is 0 Å². The molecule has 1 saturated heterocycles. The molecule has 1 aliphatic rings. The van der Waals surface area contributed by atoms with Gasteiger partial charge in [-0.1, -0.05) is 54.6 Å². The molecule has 1 heterocycles. The molecule has 2 nitrogen and oxygen atoms in total. The lowest BCUT2D eigenvalue weighted by Gasteiger charge is -2.31. The predicted octanol–water partition coefficient (Wildman–Crippen LogP) is 4.10. The zero-order chi connectivity index (χ0) is 15.4. The van der Waals surface area contributed by atoms with Crippen LogP contribution in [0, 0.1) is 0 Å². The zero-order valence-corrected chi connectivity index (χ0v) is 13.6. The molecule has 2 aromatic carbocycles. The zero-order valence-electron chi connectivity index (χ0n) is 13.6. The monoisotopic (exact) mass is 294 g/mol. The highest BCUT2D eigenvalue weighted by molar-refractivity contribution is 5.63. The fourth-order valence-corrected chi connectivity index (χ4v) is 3.22. The Balaban J connectivity index is 1.62. The first-order valence-electron chi connectivity index (χ1n) is 8.32. The maximum atomic E-state index is 3.79. The SMILES string of the molecule is C[C@H](NC1CCN(C)CC1)c1ccc(-c2ccccc2)cc1. The van der Waals surface area contributed by atoms with Crippen LogP contribution in [0.15, 0.2) is 54.6 Å². The number of benzene rings is 2. The summed E-state index contributed by atoms with van der Waals surface area (Å²) in [6.45, 7) is 4.69. The van der Waals surface area contributed by atoms with Gasteiger partial charge in [0.2, 0.25) is 0 Å². The summed E-state index contributed by atoms with van der Waals surface area (Å²) in [4.78, 5) is 2.41. The largest absolute Gasteiger partial charge is 0.307 e. The third-order valence-corrected chi connectivity index (χ3v) is 4.72. The Bertz CT molecular complexity index is 568. The van der Waals surface area contributed by atoms with Gasteiger partial charge < -0.3 is 10.2 Å². The summed E-state index contributed by atoms with van der Waals surface area (Å²) >= 11 is 0. The van der Waals surface area contributed by atoms with E-state index in [1.807, 2.05) is 0 Å². The minimum atomic E-state index is 0.415. The Morgan fingerprint density at radius 3 is 2.14 bits per heavy atom. The van der Waals surface area contributed by atoms with Crippen LogP contribution in [-0.2, 0) is 0 Å². The highest BCUT2D eigenvalue weighted by atomic mass is 15.1. The van der Waals surface area contributed by atoms with Crippen LogP contribution in [-0.4, -0.2) is 31.1 Å². The molecule has 3 rings (SSSR count). The summed E-state index contributed by atoms with van der Waals surface area (Å²) < 4.78 is 0. The predicted molar refractivity (Wildman–Crippen MR) is 93.9 cm³/mol. The summed E-state index contributed by atoms with van der Waals surface area (Å²) in [5.74, 6) is 0. The van der Waals surface area contributed by atoms with Gasteiger partial charge in [-0.3, -0.25) is 0 Å². The van der Waals surface area contributed by atoms with Crippen LogP contribution in [0.3, 0.4) is 0 Å².